The van der Waals surface area contributed by atoms with Crippen molar-refractivity contribution in [1.82, 2.24) is 25.1 Å². The Labute approximate surface area is 208 Å². The smallest absolute Gasteiger partial charge is 0.191 e. The second-order valence-electron chi connectivity index (χ2n) is 8.21. The number of β-amino-alcohol motifs (C(OH)–C–C–N with tert-alkyl or cyclic N) is 1. The third kappa shape index (κ3) is 9.05. The van der Waals surface area contributed by atoms with Crippen LogP contribution in [0.3, 0.4) is 0 Å². The minimum absolute atomic E-state index is 0. The van der Waals surface area contributed by atoms with Gasteiger partial charge in [-0.1, -0.05) is 30.3 Å². The molecule has 0 saturated carbocycles. The summed E-state index contributed by atoms with van der Waals surface area (Å²) < 4.78 is 7.56. The van der Waals surface area contributed by atoms with Gasteiger partial charge in [-0.2, -0.15) is 0 Å². The molecule has 3 N–H and O–H groups in total. The Balaban J connectivity index is 0.00000363. The molecular formula is C23H37IN6O2. The number of hydrogen-bond donors (Lipinski definition) is 3. The molecule has 0 radical (unpaired) electrons. The van der Waals surface area contributed by atoms with Gasteiger partial charge in [-0.15, -0.1) is 24.0 Å². The van der Waals surface area contributed by atoms with Gasteiger partial charge in [0.1, 0.15) is 5.82 Å². The van der Waals surface area contributed by atoms with Gasteiger partial charge in [-0.05, 0) is 19.4 Å². The number of hydrogen-bond acceptors (Lipinski definition) is 5. The van der Waals surface area contributed by atoms with Crippen LogP contribution >= 0.6 is 24.0 Å². The Hall–Kier alpha value is -1.69. The number of guanidine groups is 1. The highest BCUT2D eigenvalue weighted by Crippen LogP contribution is 2.09. The lowest BCUT2D eigenvalue weighted by molar-refractivity contribution is -0.0179. The molecular weight excluding hydrogens is 519 g/mol. The molecule has 32 heavy (non-hydrogen) atoms. The van der Waals surface area contributed by atoms with Crippen LogP contribution in [0.2, 0.25) is 0 Å². The number of aliphatic hydroxyl groups is 1. The van der Waals surface area contributed by atoms with Crippen LogP contribution in [0.4, 0.5) is 0 Å². The van der Waals surface area contributed by atoms with Crippen LogP contribution < -0.4 is 10.6 Å². The van der Waals surface area contributed by atoms with E-state index in [9.17, 15) is 5.11 Å². The lowest BCUT2D eigenvalue weighted by Gasteiger charge is -2.33. The summed E-state index contributed by atoms with van der Waals surface area (Å²) in [5.41, 5.74) is 0.373. The first-order valence-electron chi connectivity index (χ1n) is 11.1. The van der Waals surface area contributed by atoms with Crippen LogP contribution in [0.15, 0.2) is 47.7 Å². The SMILES string of the molecule is CCNC(=NCC(C)(O)CN1CCOCC1)NCCc1nccn1Cc1ccccc1.I. The molecule has 0 amide bonds. The van der Waals surface area contributed by atoms with Crippen LogP contribution in [-0.2, 0) is 17.7 Å². The quantitative estimate of drug-likeness (QED) is 0.235. The predicted molar refractivity (Wildman–Crippen MR) is 139 cm³/mol. The Bertz CT molecular complexity index is 806. The first-order chi connectivity index (χ1) is 15.1. The van der Waals surface area contributed by atoms with Gasteiger partial charge in [0.15, 0.2) is 5.96 Å². The van der Waals surface area contributed by atoms with Crippen molar-refractivity contribution in [2.24, 2.45) is 4.99 Å². The second kappa shape index (κ2) is 13.8. The van der Waals surface area contributed by atoms with E-state index < -0.39 is 5.60 Å². The van der Waals surface area contributed by atoms with Gasteiger partial charge in [-0.25, -0.2) is 4.98 Å². The number of aromatic nitrogens is 2. The molecule has 3 rings (SSSR count). The molecule has 1 fully saturated rings. The number of nitrogens with zero attached hydrogens (tertiary/aromatic N) is 4. The number of aliphatic imine (C=N–C) groups is 1. The summed E-state index contributed by atoms with van der Waals surface area (Å²) in [7, 11) is 0. The van der Waals surface area contributed by atoms with Crippen LogP contribution in [0.1, 0.15) is 25.2 Å². The molecule has 2 heterocycles. The molecule has 1 unspecified atom stereocenters. The number of rotatable bonds is 10. The van der Waals surface area contributed by atoms with Gasteiger partial charge < -0.3 is 25.0 Å². The maximum Gasteiger partial charge on any atom is 0.191 e. The Kier molecular flexibility index (Phi) is 11.4. The van der Waals surface area contributed by atoms with E-state index in [0.717, 1.165) is 51.6 Å². The molecule has 1 aromatic heterocycles. The highest BCUT2D eigenvalue weighted by Gasteiger charge is 2.25. The van der Waals surface area contributed by atoms with E-state index >= 15 is 0 Å². The zero-order valence-corrected chi connectivity index (χ0v) is 21.5. The molecule has 1 aliphatic rings. The monoisotopic (exact) mass is 556 g/mol. The third-order valence-electron chi connectivity index (χ3n) is 5.23. The molecule has 1 aliphatic heterocycles. The largest absolute Gasteiger partial charge is 0.387 e. The van der Waals surface area contributed by atoms with Crippen molar-refractivity contribution in [3.63, 3.8) is 0 Å². The second-order valence-corrected chi connectivity index (χ2v) is 8.21. The Morgan fingerprint density at radius 3 is 2.69 bits per heavy atom. The van der Waals surface area contributed by atoms with Gasteiger partial charge in [0.2, 0.25) is 0 Å². The Morgan fingerprint density at radius 2 is 1.97 bits per heavy atom. The van der Waals surface area contributed by atoms with E-state index in [1.54, 1.807) is 0 Å². The van der Waals surface area contributed by atoms with Crippen molar-refractivity contribution in [2.45, 2.75) is 32.4 Å². The van der Waals surface area contributed by atoms with E-state index in [1.165, 1.54) is 5.56 Å². The van der Waals surface area contributed by atoms with Gasteiger partial charge in [0, 0.05) is 58.1 Å². The fourth-order valence-electron chi connectivity index (χ4n) is 3.67. The lowest BCUT2D eigenvalue weighted by Crippen LogP contribution is -2.48. The van der Waals surface area contributed by atoms with E-state index in [4.69, 9.17) is 4.74 Å². The zero-order chi connectivity index (χ0) is 21.9. The van der Waals surface area contributed by atoms with E-state index in [1.807, 2.05) is 32.3 Å². The number of imidazole rings is 1. The summed E-state index contributed by atoms with van der Waals surface area (Å²) in [5.74, 6) is 1.75. The minimum Gasteiger partial charge on any atom is -0.387 e. The molecule has 0 bridgehead atoms. The summed E-state index contributed by atoms with van der Waals surface area (Å²) in [6, 6.07) is 10.4. The van der Waals surface area contributed by atoms with Crippen LogP contribution in [0, 0.1) is 0 Å². The molecule has 1 atom stereocenters. The van der Waals surface area contributed by atoms with Crippen molar-refractivity contribution in [3.8, 4) is 0 Å². The fraction of sp³-hybridized carbons (Fsp3) is 0.565. The molecule has 178 valence electrons. The molecule has 0 spiro atoms. The average Bonchev–Trinajstić information content (AvgIpc) is 3.20. The van der Waals surface area contributed by atoms with Crippen LogP contribution in [0.5, 0.6) is 0 Å². The van der Waals surface area contributed by atoms with E-state index in [2.05, 4.69) is 54.3 Å². The van der Waals surface area contributed by atoms with E-state index in [-0.39, 0.29) is 24.0 Å². The molecule has 1 saturated heterocycles. The standard InChI is InChI=1S/C23H36N6O2.HI/c1-3-24-22(27-18-23(2,30)19-28-13-15-31-16-14-28)26-10-9-21-25-11-12-29(21)17-20-7-5-4-6-8-20;/h4-8,11-12,30H,3,9-10,13-19H2,1-2H3,(H2,24,26,27);1H. The van der Waals surface area contributed by atoms with Crippen molar-refractivity contribution in [2.75, 3.05) is 52.5 Å². The number of morpholine rings is 1. The number of halogens is 1. The van der Waals surface area contributed by atoms with Gasteiger partial charge in [-0.3, -0.25) is 9.89 Å². The zero-order valence-electron chi connectivity index (χ0n) is 19.2. The van der Waals surface area contributed by atoms with Crippen LogP contribution in [0.25, 0.3) is 0 Å². The van der Waals surface area contributed by atoms with Crippen LogP contribution in [-0.4, -0.2) is 83.6 Å². The molecule has 0 aliphatic carbocycles. The molecule has 9 heteroatoms. The predicted octanol–water partition coefficient (Wildman–Crippen LogP) is 1.73. The fourth-order valence-corrected chi connectivity index (χ4v) is 3.67. The van der Waals surface area contributed by atoms with Crippen molar-refractivity contribution in [3.05, 3.63) is 54.1 Å². The minimum atomic E-state index is -0.883. The van der Waals surface area contributed by atoms with Crippen molar-refractivity contribution >= 4 is 29.9 Å². The summed E-state index contributed by atoms with van der Waals surface area (Å²) >= 11 is 0. The maximum absolute atomic E-state index is 10.8. The highest BCUT2D eigenvalue weighted by molar-refractivity contribution is 14.0. The normalized spacial score (nSPS) is 16.8. The maximum atomic E-state index is 10.8. The van der Waals surface area contributed by atoms with Gasteiger partial charge in [0.25, 0.3) is 0 Å². The molecule has 2 aromatic rings. The van der Waals surface area contributed by atoms with E-state index in [0.29, 0.717) is 25.6 Å². The van der Waals surface area contributed by atoms with Crippen molar-refractivity contribution in [1.29, 1.82) is 0 Å². The summed E-state index contributed by atoms with van der Waals surface area (Å²) in [6.45, 7) is 10.3. The number of ether oxygens (including phenoxy) is 1. The number of nitrogens with one attached hydrogen (secondary N) is 2. The van der Waals surface area contributed by atoms with Gasteiger partial charge in [0.05, 0.1) is 25.4 Å². The highest BCUT2D eigenvalue weighted by atomic mass is 127. The van der Waals surface area contributed by atoms with Crippen molar-refractivity contribution < 1.29 is 9.84 Å². The third-order valence-corrected chi connectivity index (χ3v) is 5.23. The first-order valence-corrected chi connectivity index (χ1v) is 11.1. The number of benzene rings is 1. The topological polar surface area (TPSA) is 86.9 Å². The first kappa shape index (κ1) is 26.6. The molecule has 1 aromatic carbocycles. The summed E-state index contributed by atoms with van der Waals surface area (Å²) in [6.07, 6.45) is 4.65. The lowest BCUT2D eigenvalue weighted by atomic mass is 10.1. The van der Waals surface area contributed by atoms with Gasteiger partial charge >= 0.3 is 0 Å². The molecule has 8 nitrogen and oxygen atoms in total. The summed E-state index contributed by atoms with van der Waals surface area (Å²) in [5, 5.41) is 17.4. The average molecular weight is 556 g/mol. The Morgan fingerprint density at radius 1 is 1.22 bits per heavy atom. The summed E-state index contributed by atoms with van der Waals surface area (Å²) in [4.78, 5) is 11.4.